The molecule has 1 aliphatic heterocycles. The van der Waals surface area contributed by atoms with Gasteiger partial charge in [-0.05, 0) is 6.42 Å². The quantitative estimate of drug-likeness (QED) is 0.497. The number of anilines is 2. The highest BCUT2D eigenvalue weighted by molar-refractivity contribution is 7.91. The van der Waals surface area contributed by atoms with Crippen LogP contribution in [-0.2, 0) is 9.84 Å². The first-order chi connectivity index (χ1) is 8.00. The van der Waals surface area contributed by atoms with Crippen LogP contribution in [0.25, 0.3) is 0 Å². The molecule has 1 saturated heterocycles. The predicted octanol–water partition coefficient (Wildman–Crippen LogP) is -0.500. The third-order valence-corrected chi connectivity index (χ3v) is 4.21. The molecule has 1 unspecified atom stereocenters. The number of nitrogens with zero attached hydrogens (tertiary/aromatic N) is 2. The first-order valence-corrected chi connectivity index (χ1v) is 6.78. The summed E-state index contributed by atoms with van der Waals surface area (Å²) in [7, 11) is -3.01. The van der Waals surface area contributed by atoms with Crippen molar-refractivity contribution in [2.24, 2.45) is 5.84 Å². The number of nitrogens with one attached hydrogen (secondary N) is 2. The van der Waals surface area contributed by atoms with Crippen LogP contribution in [0.1, 0.15) is 6.42 Å². The van der Waals surface area contributed by atoms with Gasteiger partial charge in [-0.3, -0.25) is 5.43 Å². The molecule has 2 rings (SSSR count). The van der Waals surface area contributed by atoms with Crippen molar-refractivity contribution in [2.75, 3.05) is 22.2 Å². The van der Waals surface area contributed by atoms with Gasteiger partial charge in [0, 0.05) is 6.04 Å². The molecule has 17 heavy (non-hydrogen) atoms. The van der Waals surface area contributed by atoms with Crippen molar-refractivity contribution in [1.29, 1.82) is 0 Å². The van der Waals surface area contributed by atoms with Gasteiger partial charge in [0.15, 0.2) is 21.5 Å². The number of sulfone groups is 1. The Hall–Kier alpha value is -1.48. The maximum absolute atomic E-state index is 13.3. The number of hydrogen-bond donors (Lipinski definition) is 3. The van der Waals surface area contributed by atoms with E-state index >= 15 is 0 Å². The van der Waals surface area contributed by atoms with Crippen molar-refractivity contribution in [3.05, 3.63) is 12.0 Å². The lowest BCUT2D eigenvalue weighted by molar-refractivity contribution is 0.601. The molecule has 0 aromatic carbocycles. The smallest absolute Gasteiger partial charge is 0.239 e. The van der Waals surface area contributed by atoms with E-state index in [0.717, 1.165) is 6.20 Å². The van der Waals surface area contributed by atoms with Gasteiger partial charge in [0.05, 0.1) is 17.7 Å². The number of aromatic nitrogens is 2. The second-order valence-corrected chi connectivity index (χ2v) is 6.01. The maximum atomic E-state index is 13.3. The molecular weight excluding hydrogens is 249 g/mol. The number of nitrogen functional groups attached to an aromatic ring is 1. The summed E-state index contributed by atoms with van der Waals surface area (Å²) in [6.07, 6.45) is 1.41. The molecule has 94 valence electrons. The maximum Gasteiger partial charge on any atom is 0.239 e. The molecule has 1 aliphatic rings. The molecule has 0 spiro atoms. The zero-order chi connectivity index (χ0) is 12.5. The van der Waals surface area contributed by atoms with Gasteiger partial charge in [-0.25, -0.2) is 23.6 Å². The Balaban J connectivity index is 2.13. The lowest BCUT2D eigenvalue weighted by atomic mass is 10.2. The van der Waals surface area contributed by atoms with Crippen molar-refractivity contribution in [3.8, 4) is 0 Å². The van der Waals surface area contributed by atoms with Crippen molar-refractivity contribution < 1.29 is 12.8 Å². The van der Waals surface area contributed by atoms with E-state index in [2.05, 4.69) is 20.7 Å². The van der Waals surface area contributed by atoms with Gasteiger partial charge in [0.2, 0.25) is 5.95 Å². The van der Waals surface area contributed by atoms with E-state index in [1.54, 1.807) is 0 Å². The monoisotopic (exact) mass is 261 g/mol. The minimum Gasteiger partial charge on any atom is -0.364 e. The zero-order valence-electron chi connectivity index (χ0n) is 8.85. The molecular formula is C8H12FN5O2S. The predicted molar refractivity (Wildman–Crippen MR) is 60.5 cm³/mol. The van der Waals surface area contributed by atoms with Crippen molar-refractivity contribution in [2.45, 2.75) is 12.5 Å². The SMILES string of the molecule is NNc1ncc(F)c(NC2CCS(=O)(=O)C2)n1. The van der Waals surface area contributed by atoms with Gasteiger partial charge in [0.1, 0.15) is 0 Å². The number of hydrogen-bond acceptors (Lipinski definition) is 7. The van der Waals surface area contributed by atoms with Gasteiger partial charge >= 0.3 is 0 Å². The molecule has 1 atom stereocenters. The summed E-state index contributed by atoms with van der Waals surface area (Å²) in [5, 5.41) is 2.74. The van der Waals surface area contributed by atoms with Gasteiger partial charge in [-0.2, -0.15) is 4.98 Å². The minimum atomic E-state index is -3.01. The van der Waals surface area contributed by atoms with Crippen LogP contribution in [0.4, 0.5) is 16.2 Å². The van der Waals surface area contributed by atoms with Crippen LogP contribution in [0, 0.1) is 5.82 Å². The number of halogens is 1. The molecule has 0 bridgehead atoms. The summed E-state index contributed by atoms with van der Waals surface area (Å²) in [5.74, 6) is 4.57. The van der Waals surface area contributed by atoms with Gasteiger partial charge < -0.3 is 5.32 Å². The van der Waals surface area contributed by atoms with Crippen molar-refractivity contribution >= 4 is 21.6 Å². The molecule has 1 fully saturated rings. The largest absolute Gasteiger partial charge is 0.364 e. The summed E-state index contributed by atoms with van der Waals surface area (Å²) in [6, 6.07) is -0.324. The highest BCUT2D eigenvalue weighted by Gasteiger charge is 2.28. The summed E-state index contributed by atoms with van der Waals surface area (Å²) in [6.45, 7) is 0. The average Bonchev–Trinajstić information content (AvgIpc) is 2.61. The number of rotatable bonds is 3. The Morgan fingerprint density at radius 1 is 1.53 bits per heavy atom. The molecule has 1 aromatic rings. The fourth-order valence-electron chi connectivity index (χ4n) is 1.64. The Bertz CT molecular complexity index is 521. The topological polar surface area (TPSA) is 110 Å². The summed E-state index contributed by atoms with van der Waals surface area (Å²) in [5.41, 5.74) is 2.19. The van der Waals surface area contributed by atoms with E-state index in [4.69, 9.17) is 5.84 Å². The summed E-state index contributed by atoms with van der Waals surface area (Å²) >= 11 is 0. The average molecular weight is 261 g/mol. The van der Waals surface area contributed by atoms with Crippen LogP contribution in [-0.4, -0.2) is 35.9 Å². The fourth-order valence-corrected chi connectivity index (χ4v) is 3.31. The van der Waals surface area contributed by atoms with Crippen LogP contribution in [0.5, 0.6) is 0 Å². The first kappa shape index (κ1) is 12.0. The van der Waals surface area contributed by atoms with Gasteiger partial charge in [0.25, 0.3) is 0 Å². The first-order valence-electron chi connectivity index (χ1n) is 4.96. The van der Waals surface area contributed by atoms with Crippen LogP contribution in [0.3, 0.4) is 0 Å². The standard InChI is InChI=1S/C8H12FN5O2S/c9-6-3-11-8(14-10)13-7(6)12-5-1-2-17(15,16)4-5/h3,5H,1-2,4,10H2,(H2,11,12,13,14). The molecule has 2 heterocycles. The van der Waals surface area contributed by atoms with E-state index in [0.29, 0.717) is 6.42 Å². The fraction of sp³-hybridized carbons (Fsp3) is 0.500. The molecule has 7 nitrogen and oxygen atoms in total. The van der Waals surface area contributed by atoms with Crippen molar-refractivity contribution in [3.63, 3.8) is 0 Å². The van der Waals surface area contributed by atoms with Gasteiger partial charge in [-0.1, -0.05) is 0 Å². The van der Waals surface area contributed by atoms with Crippen LogP contribution < -0.4 is 16.6 Å². The second kappa shape index (κ2) is 4.41. The third kappa shape index (κ3) is 2.80. The summed E-state index contributed by atoms with van der Waals surface area (Å²) < 4.78 is 35.8. The van der Waals surface area contributed by atoms with E-state index in [9.17, 15) is 12.8 Å². The Labute approximate surface area is 97.5 Å². The molecule has 0 aliphatic carbocycles. The molecule has 9 heteroatoms. The Morgan fingerprint density at radius 3 is 2.88 bits per heavy atom. The Kier molecular flexibility index (Phi) is 3.11. The number of nitrogens with two attached hydrogens (primary N) is 1. The van der Waals surface area contributed by atoms with E-state index < -0.39 is 15.7 Å². The molecule has 0 radical (unpaired) electrons. The minimum absolute atomic E-state index is 0.0121. The number of hydrazine groups is 1. The Morgan fingerprint density at radius 2 is 2.29 bits per heavy atom. The lowest BCUT2D eigenvalue weighted by Crippen LogP contribution is -2.23. The van der Waals surface area contributed by atoms with Crippen LogP contribution in [0.15, 0.2) is 6.20 Å². The van der Waals surface area contributed by atoms with E-state index in [1.165, 1.54) is 0 Å². The lowest BCUT2D eigenvalue weighted by Gasteiger charge is -2.12. The molecule has 0 amide bonds. The van der Waals surface area contributed by atoms with Crippen LogP contribution >= 0.6 is 0 Å². The zero-order valence-corrected chi connectivity index (χ0v) is 9.67. The third-order valence-electron chi connectivity index (χ3n) is 2.45. The molecule has 1 aromatic heterocycles. The highest BCUT2D eigenvalue weighted by Crippen LogP contribution is 2.18. The van der Waals surface area contributed by atoms with Gasteiger partial charge in [-0.15, -0.1) is 0 Å². The second-order valence-electron chi connectivity index (χ2n) is 3.78. The normalized spacial score (nSPS) is 22.4. The summed E-state index contributed by atoms with van der Waals surface area (Å²) in [4.78, 5) is 7.35. The molecule has 4 N–H and O–H groups in total. The van der Waals surface area contributed by atoms with E-state index in [-0.39, 0.29) is 29.3 Å². The molecule has 0 saturated carbocycles. The highest BCUT2D eigenvalue weighted by atomic mass is 32.2. The van der Waals surface area contributed by atoms with E-state index in [1.807, 2.05) is 0 Å². The van der Waals surface area contributed by atoms with Crippen molar-refractivity contribution in [1.82, 2.24) is 9.97 Å². The van der Waals surface area contributed by atoms with Crippen LogP contribution in [0.2, 0.25) is 0 Å².